The van der Waals surface area contributed by atoms with E-state index < -0.39 is 0 Å². The maximum atomic E-state index is 12.1. The van der Waals surface area contributed by atoms with Crippen LogP contribution >= 0.6 is 0 Å². The van der Waals surface area contributed by atoms with Crippen LogP contribution in [0.5, 0.6) is 11.5 Å². The van der Waals surface area contributed by atoms with Crippen LogP contribution in [0.15, 0.2) is 71.8 Å². The Morgan fingerprint density at radius 1 is 1.03 bits per heavy atom. The first-order valence-corrected chi connectivity index (χ1v) is 9.31. The van der Waals surface area contributed by atoms with Gasteiger partial charge in [0.2, 0.25) is 6.79 Å². The average Bonchev–Trinajstić information content (AvgIpc) is 3.22. The number of ether oxygens (including phenoxy) is 2. The molecule has 0 unspecified atom stereocenters. The topological polar surface area (TPSA) is 72.0 Å². The van der Waals surface area contributed by atoms with Crippen molar-refractivity contribution >= 4 is 34.2 Å². The summed E-state index contributed by atoms with van der Waals surface area (Å²) in [4.78, 5) is 12.1. The maximum Gasteiger partial charge on any atom is 0.259 e. The maximum absolute atomic E-state index is 12.1. The Balaban J connectivity index is 1.29. The van der Waals surface area contributed by atoms with Crippen molar-refractivity contribution < 1.29 is 14.3 Å². The second-order valence-electron chi connectivity index (χ2n) is 6.65. The number of allylic oxidation sites excluding steroid dienone is 1. The standard InChI is InChI=1S/C23H21N3O3/c1-16(6-7-17-8-11-21-22(12-17)29-15-28-21)25-26-23(27)14-24-20-10-9-18-4-2-3-5-19(18)13-20/h2-13,24H,14-15H2,1H3,(H,26,27). The summed E-state index contributed by atoms with van der Waals surface area (Å²) in [6, 6.07) is 19.8. The van der Waals surface area contributed by atoms with Crippen molar-refractivity contribution in [3.8, 4) is 11.5 Å². The molecule has 6 heteroatoms. The van der Waals surface area contributed by atoms with E-state index in [2.05, 4.69) is 21.9 Å². The van der Waals surface area contributed by atoms with Crippen LogP contribution in [-0.4, -0.2) is 25.0 Å². The molecule has 4 rings (SSSR count). The average molecular weight is 387 g/mol. The first kappa shape index (κ1) is 18.6. The fraction of sp³-hybridized carbons (Fsp3) is 0.130. The normalized spacial score (nSPS) is 13.1. The van der Waals surface area contributed by atoms with Crippen LogP contribution in [0.3, 0.4) is 0 Å². The van der Waals surface area contributed by atoms with E-state index in [1.807, 2.05) is 73.7 Å². The van der Waals surface area contributed by atoms with Gasteiger partial charge in [-0.15, -0.1) is 0 Å². The number of anilines is 1. The molecule has 0 atom stereocenters. The van der Waals surface area contributed by atoms with Gasteiger partial charge in [0.05, 0.1) is 12.3 Å². The van der Waals surface area contributed by atoms with Crippen LogP contribution in [0.4, 0.5) is 5.69 Å². The van der Waals surface area contributed by atoms with Crippen molar-refractivity contribution in [1.29, 1.82) is 0 Å². The van der Waals surface area contributed by atoms with Crippen molar-refractivity contribution in [1.82, 2.24) is 5.43 Å². The van der Waals surface area contributed by atoms with Crippen molar-refractivity contribution in [2.75, 3.05) is 18.7 Å². The first-order chi connectivity index (χ1) is 14.2. The summed E-state index contributed by atoms with van der Waals surface area (Å²) < 4.78 is 10.7. The van der Waals surface area contributed by atoms with Crippen LogP contribution in [0.2, 0.25) is 0 Å². The van der Waals surface area contributed by atoms with Crippen LogP contribution in [0.25, 0.3) is 16.8 Å². The fourth-order valence-corrected chi connectivity index (χ4v) is 2.94. The minimum absolute atomic E-state index is 0.140. The monoisotopic (exact) mass is 387 g/mol. The highest BCUT2D eigenvalue weighted by molar-refractivity contribution is 5.97. The number of fused-ring (bicyclic) bond motifs is 2. The second kappa shape index (κ2) is 8.48. The molecule has 0 aromatic heterocycles. The molecule has 3 aromatic rings. The summed E-state index contributed by atoms with van der Waals surface area (Å²) >= 11 is 0. The second-order valence-corrected chi connectivity index (χ2v) is 6.65. The van der Waals surface area contributed by atoms with E-state index in [1.54, 1.807) is 0 Å². The van der Waals surface area contributed by atoms with E-state index in [4.69, 9.17) is 9.47 Å². The zero-order valence-corrected chi connectivity index (χ0v) is 16.0. The van der Waals surface area contributed by atoms with Gasteiger partial charge in [-0.05, 0) is 53.6 Å². The SMILES string of the molecule is CC(C=Cc1ccc2c(c1)OCO2)=NNC(=O)CNc1ccc2ccccc2c1. The number of benzene rings is 3. The van der Waals surface area contributed by atoms with Crippen LogP contribution < -0.4 is 20.2 Å². The molecule has 6 nitrogen and oxygen atoms in total. The lowest BCUT2D eigenvalue weighted by Gasteiger charge is -2.07. The van der Waals surface area contributed by atoms with Crippen molar-refractivity contribution in [2.24, 2.45) is 5.10 Å². The predicted octanol–water partition coefficient (Wildman–Crippen LogP) is 4.19. The smallest absolute Gasteiger partial charge is 0.259 e. The van der Waals surface area contributed by atoms with Gasteiger partial charge in [0, 0.05) is 5.69 Å². The Morgan fingerprint density at radius 2 is 1.86 bits per heavy atom. The van der Waals surface area contributed by atoms with Crippen molar-refractivity contribution in [2.45, 2.75) is 6.92 Å². The molecular formula is C23H21N3O3. The van der Waals surface area contributed by atoms with E-state index in [9.17, 15) is 4.79 Å². The van der Waals surface area contributed by atoms with Crippen molar-refractivity contribution in [3.05, 3.63) is 72.3 Å². The number of hydrogen-bond acceptors (Lipinski definition) is 5. The highest BCUT2D eigenvalue weighted by atomic mass is 16.7. The Hall–Kier alpha value is -3.80. The zero-order valence-electron chi connectivity index (χ0n) is 16.0. The van der Waals surface area contributed by atoms with E-state index in [1.165, 1.54) is 0 Å². The molecule has 0 aliphatic carbocycles. The van der Waals surface area contributed by atoms with E-state index in [0.717, 1.165) is 33.5 Å². The number of nitrogens with zero attached hydrogens (tertiary/aromatic N) is 1. The highest BCUT2D eigenvalue weighted by Gasteiger charge is 2.12. The summed E-state index contributed by atoms with van der Waals surface area (Å²) in [5.41, 5.74) is 5.10. The summed E-state index contributed by atoms with van der Waals surface area (Å²) in [6.07, 6.45) is 3.73. The van der Waals surface area contributed by atoms with Crippen molar-refractivity contribution in [3.63, 3.8) is 0 Å². The van der Waals surface area contributed by atoms with Gasteiger partial charge < -0.3 is 14.8 Å². The highest BCUT2D eigenvalue weighted by Crippen LogP contribution is 2.32. The third-order valence-electron chi connectivity index (χ3n) is 4.47. The summed E-state index contributed by atoms with van der Waals surface area (Å²) in [5.74, 6) is 1.27. The lowest BCUT2D eigenvalue weighted by molar-refractivity contribution is -0.119. The summed E-state index contributed by atoms with van der Waals surface area (Å²) in [7, 11) is 0. The molecule has 0 radical (unpaired) electrons. The molecule has 1 heterocycles. The largest absolute Gasteiger partial charge is 0.454 e. The van der Waals surface area contributed by atoms with Gasteiger partial charge in [-0.25, -0.2) is 5.43 Å². The number of nitrogens with one attached hydrogen (secondary N) is 2. The molecule has 0 fully saturated rings. The lowest BCUT2D eigenvalue weighted by Crippen LogP contribution is -2.26. The van der Waals surface area contributed by atoms with E-state index >= 15 is 0 Å². The predicted molar refractivity (Wildman–Crippen MR) is 115 cm³/mol. The quantitative estimate of drug-likeness (QED) is 0.492. The van der Waals surface area contributed by atoms with Crippen LogP contribution in [0, 0.1) is 0 Å². The molecule has 0 spiro atoms. The van der Waals surface area contributed by atoms with Crippen LogP contribution in [-0.2, 0) is 4.79 Å². The van der Waals surface area contributed by atoms with Gasteiger partial charge in [-0.2, -0.15) is 5.10 Å². The number of hydrogen-bond donors (Lipinski definition) is 2. The Morgan fingerprint density at radius 3 is 2.76 bits per heavy atom. The molecule has 1 aliphatic rings. The Bertz CT molecular complexity index is 1110. The molecule has 0 saturated carbocycles. The zero-order chi connectivity index (χ0) is 20.1. The lowest BCUT2D eigenvalue weighted by atomic mass is 10.1. The number of rotatable bonds is 6. The summed E-state index contributed by atoms with van der Waals surface area (Å²) in [6.45, 7) is 2.21. The van der Waals surface area contributed by atoms with Gasteiger partial charge in [-0.1, -0.05) is 42.5 Å². The minimum atomic E-state index is -0.214. The molecule has 0 bridgehead atoms. The molecule has 3 aromatic carbocycles. The van der Waals surface area contributed by atoms with Crippen LogP contribution in [0.1, 0.15) is 12.5 Å². The Labute approximate surface area is 168 Å². The first-order valence-electron chi connectivity index (χ1n) is 9.31. The number of hydrazone groups is 1. The van der Waals surface area contributed by atoms with Gasteiger partial charge in [-0.3, -0.25) is 4.79 Å². The number of carbonyl (C=O) groups is 1. The van der Waals surface area contributed by atoms with E-state index in [0.29, 0.717) is 5.71 Å². The molecular weight excluding hydrogens is 366 g/mol. The minimum Gasteiger partial charge on any atom is -0.454 e. The van der Waals surface area contributed by atoms with Gasteiger partial charge in [0.15, 0.2) is 11.5 Å². The molecule has 29 heavy (non-hydrogen) atoms. The molecule has 1 amide bonds. The summed E-state index contributed by atoms with van der Waals surface area (Å²) in [5, 5.41) is 9.51. The molecule has 1 aliphatic heterocycles. The third kappa shape index (κ3) is 4.73. The molecule has 146 valence electrons. The number of amides is 1. The molecule has 2 N–H and O–H groups in total. The Kier molecular flexibility index (Phi) is 5.42. The third-order valence-corrected chi connectivity index (χ3v) is 4.47. The molecule has 0 saturated heterocycles. The van der Waals surface area contributed by atoms with Gasteiger partial charge in [0.25, 0.3) is 5.91 Å². The number of carbonyl (C=O) groups excluding carboxylic acids is 1. The van der Waals surface area contributed by atoms with Gasteiger partial charge >= 0.3 is 0 Å². The fourth-order valence-electron chi connectivity index (χ4n) is 2.94. The van der Waals surface area contributed by atoms with E-state index in [-0.39, 0.29) is 19.2 Å². The van der Waals surface area contributed by atoms with Gasteiger partial charge in [0.1, 0.15) is 0 Å².